The van der Waals surface area contributed by atoms with Crippen molar-refractivity contribution >= 4 is 23.3 Å². The Morgan fingerprint density at radius 2 is 1.97 bits per heavy atom. The van der Waals surface area contributed by atoms with Crippen LogP contribution in [0, 0.1) is 0 Å². The van der Waals surface area contributed by atoms with E-state index in [1.54, 1.807) is 7.11 Å². The molecule has 0 spiro atoms. The maximum absolute atomic E-state index is 11.9. The van der Waals surface area contributed by atoms with Crippen LogP contribution in [-0.2, 0) is 13.2 Å². The Bertz CT molecular complexity index is 978. The number of nitrogens with one attached hydrogen (secondary N) is 2. The van der Waals surface area contributed by atoms with E-state index in [-0.39, 0.29) is 11.5 Å². The number of halogens is 1. The van der Waals surface area contributed by atoms with Crippen molar-refractivity contribution in [3.05, 3.63) is 64.3 Å². The summed E-state index contributed by atoms with van der Waals surface area (Å²) < 4.78 is 15.9. The van der Waals surface area contributed by atoms with Crippen molar-refractivity contribution in [3.63, 3.8) is 0 Å². The van der Waals surface area contributed by atoms with Crippen molar-refractivity contribution in [1.29, 1.82) is 0 Å². The summed E-state index contributed by atoms with van der Waals surface area (Å²) >= 11 is 5.93. The van der Waals surface area contributed by atoms with Gasteiger partial charge in [-0.2, -0.15) is 0 Å². The summed E-state index contributed by atoms with van der Waals surface area (Å²) in [7, 11) is 1.60. The molecule has 3 rings (SSSR count). The fourth-order valence-corrected chi connectivity index (χ4v) is 2.81. The fourth-order valence-electron chi connectivity index (χ4n) is 2.69. The number of nitrogen functional groups attached to an aromatic ring is 1. The highest BCUT2D eigenvalue weighted by Crippen LogP contribution is 2.31. The second-order valence-corrected chi connectivity index (χ2v) is 6.73. The molecule has 158 valence electrons. The normalized spacial score (nSPS) is 10.6. The van der Waals surface area contributed by atoms with Crippen LogP contribution in [0.2, 0.25) is 5.02 Å². The van der Waals surface area contributed by atoms with E-state index in [1.165, 1.54) is 0 Å². The zero-order valence-corrected chi connectivity index (χ0v) is 17.1. The van der Waals surface area contributed by atoms with Gasteiger partial charge >= 0.3 is 0 Å². The van der Waals surface area contributed by atoms with Crippen LogP contribution in [0.25, 0.3) is 0 Å². The molecule has 0 aliphatic carbocycles. The number of methoxy groups -OCH3 is 1. The molecule has 4 N–H and O–H groups in total. The lowest BCUT2D eigenvalue weighted by Gasteiger charge is -2.16. The van der Waals surface area contributed by atoms with Crippen molar-refractivity contribution in [2.24, 2.45) is 0 Å². The van der Waals surface area contributed by atoms with Crippen LogP contribution in [0.5, 0.6) is 11.5 Å². The number of carbonyl (C=O) groups excluding carboxylic acids is 1. The number of carbonyl (C=O) groups is 1. The average molecular weight is 432 g/mol. The number of rotatable bonds is 10. The van der Waals surface area contributed by atoms with Crippen molar-refractivity contribution in [2.45, 2.75) is 13.2 Å². The number of amides is 1. The van der Waals surface area contributed by atoms with Crippen molar-refractivity contribution in [3.8, 4) is 11.5 Å². The van der Waals surface area contributed by atoms with E-state index in [0.29, 0.717) is 42.8 Å². The monoisotopic (exact) mass is 431 g/mol. The molecule has 0 fully saturated rings. The molecule has 1 heterocycles. The molecular weight excluding hydrogens is 410 g/mol. The Morgan fingerprint density at radius 1 is 1.17 bits per heavy atom. The Morgan fingerprint density at radius 3 is 2.67 bits per heavy atom. The predicted octanol–water partition coefficient (Wildman–Crippen LogP) is 2.41. The molecule has 1 aromatic heterocycles. The van der Waals surface area contributed by atoms with Gasteiger partial charge in [-0.3, -0.25) is 4.79 Å². The molecule has 3 aromatic rings. The zero-order chi connectivity index (χ0) is 21.3. The number of hydrogen-bond acceptors (Lipinski definition) is 8. The molecule has 0 saturated carbocycles. The maximum atomic E-state index is 11.9. The summed E-state index contributed by atoms with van der Waals surface area (Å²) in [5, 5.41) is 13.5. The van der Waals surface area contributed by atoms with Gasteiger partial charge in [0.15, 0.2) is 11.5 Å². The van der Waals surface area contributed by atoms with E-state index in [0.717, 1.165) is 11.1 Å². The third-order valence-electron chi connectivity index (χ3n) is 4.21. The number of anilines is 1. The smallest absolute Gasteiger partial charge is 0.277 e. The number of aromatic nitrogens is 2. The lowest BCUT2D eigenvalue weighted by Crippen LogP contribution is -2.32. The maximum Gasteiger partial charge on any atom is 0.277 e. The molecule has 0 bridgehead atoms. The van der Waals surface area contributed by atoms with Crippen LogP contribution in [-0.4, -0.2) is 36.4 Å². The molecule has 0 aliphatic rings. The van der Waals surface area contributed by atoms with E-state index in [4.69, 9.17) is 26.8 Å². The number of hydrogen-bond donors (Lipinski definition) is 3. The van der Waals surface area contributed by atoms with Gasteiger partial charge in [-0.1, -0.05) is 35.9 Å². The number of ether oxygens (including phenoxy) is 2. The minimum atomic E-state index is -0.441. The summed E-state index contributed by atoms with van der Waals surface area (Å²) in [4.78, 5) is 11.9. The van der Waals surface area contributed by atoms with Gasteiger partial charge in [0.25, 0.3) is 5.91 Å². The molecule has 2 aromatic carbocycles. The van der Waals surface area contributed by atoms with Crippen LogP contribution in [0.4, 0.5) is 5.82 Å². The van der Waals surface area contributed by atoms with Gasteiger partial charge < -0.3 is 25.8 Å². The standard InChI is InChI=1S/C20H22ClN5O4/c1-28-16-4-2-3-14(18(16)29-12-13-5-7-15(21)8-6-13)11-23-9-10-24-20(27)17-19(22)26-30-25-17/h2-8,23H,9-12H2,1H3,(H2,22,26)(H,24,27). The molecule has 0 unspecified atom stereocenters. The molecule has 10 heteroatoms. The van der Waals surface area contributed by atoms with E-state index >= 15 is 0 Å². The van der Waals surface area contributed by atoms with Gasteiger partial charge in [0.2, 0.25) is 11.5 Å². The fraction of sp³-hybridized carbons (Fsp3) is 0.250. The lowest BCUT2D eigenvalue weighted by atomic mass is 10.1. The Labute approximate surface area is 178 Å². The molecule has 0 saturated heterocycles. The van der Waals surface area contributed by atoms with Gasteiger partial charge in [0, 0.05) is 30.2 Å². The quantitative estimate of drug-likeness (QED) is 0.418. The number of para-hydroxylation sites is 1. The molecule has 1 amide bonds. The largest absolute Gasteiger partial charge is 0.493 e. The lowest BCUT2D eigenvalue weighted by molar-refractivity contribution is 0.0944. The summed E-state index contributed by atoms with van der Waals surface area (Å²) in [5.74, 6) is 0.821. The predicted molar refractivity (Wildman–Crippen MR) is 112 cm³/mol. The van der Waals surface area contributed by atoms with Gasteiger partial charge in [-0.05, 0) is 34.1 Å². The molecule has 30 heavy (non-hydrogen) atoms. The highest BCUT2D eigenvalue weighted by Gasteiger charge is 2.15. The third-order valence-corrected chi connectivity index (χ3v) is 4.46. The average Bonchev–Trinajstić information content (AvgIpc) is 3.19. The number of nitrogens with zero attached hydrogens (tertiary/aromatic N) is 2. The van der Waals surface area contributed by atoms with Crippen LogP contribution < -0.4 is 25.8 Å². The Hall–Kier alpha value is -3.30. The first-order valence-corrected chi connectivity index (χ1v) is 9.56. The first-order chi connectivity index (χ1) is 14.6. The SMILES string of the molecule is COc1cccc(CNCCNC(=O)c2nonc2N)c1OCc1ccc(Cl)cc1. The van der Waals surface area contributed by atoms with Crippen molar-refractivity contribution < 1.29 is 18.9 Å². The van der Waals surface area contributed by atoms with E-state index in [9.17, 15) is 4.79 Å². The number of nitrogens with two attached hydrogens (primary N) is 1. The van der Waals surface area contributed by atoms with E-state index < -0.39 is 5.91 Å². The zero-order valence-electron chi connectivity index (χ0n) is 16.4. The second kappa shape index (κ2) is 10.5. The van der Waals surface area contributed by atoms with Crippen molar-refractivity contribution in [2.75, 3.05) is 25.9 Å². The van der Waals surface area contributed by atoms with Crippen LogP contribution >= 0.6 is 11.6 Å². The molecule has 0 atom stereocenters. The first-order valence-electron chi connectivity index (χ1n) is 9.18. The Balaban J connectivity index is 1.53. The third kappa shape index (κ3) is 5.62. The summed E-state index contributed by atoms with van der Waals surface area (Å²) in [5.41, 5.74) is 7.39. The van der Waals surface area contributed by atoms with Crippen LogP contribution in [0.15, 0.2) is 47.1 Å². The summed E-state index contributed by atoms with van der Waals surface area (Å²) in [6.45, 7) is 1.80. The summed E-state index contributed by atoms with van der Waals surface area (Å²) in [6.07, 6.45) is 0. The van der Waals surface area contributed by atoms with Gasteiger partial charge in [-0.25, -0.2) is 4.63 Å². The highest BCUT2D eigenvalue weighted by molar-refractivity contribution is 6.30. The minimum Gasteiger partial charge on any atom is -0.493 e. The Kier molecular flexibility index (Phi) is 7.47. The highest BCUT2D eigenvalue weighted by atomic mass is 35.5. The van der Waals surface area contributed by atoms with Gasteiger partial charge in [-0.15, -0.1) is 0 Å². The van der Waals surface area contributed by atoms with E-state index in [2.05, 4.69) is 25.6 Å². The summed E-state index contributed by atoms with van der Waals surface area (Å²) in [6, 6.07) is 13.2. The molecule has 9 nitrogen and oxygen atoms in total. The molecular formula is C20H22ClN5O4. The van der Waals surface area contributed by atoms with Crippen molar-refractivity contribution in [1.82, 2.24) is 20.9 Å². The topological polar surface area (TPSA) is 125 Å². The van der Waals surface area contributed by atoms with Crippen LogP contribution in [0.1, 0.15) is 21.6 Å². The second-order valence-electron chi connectivity index (χ2n) is 6.29. The van der Waals surface area contributed by atoms with Crippen LogP contribution in [0.3, 0.4) is 0 Å². The first kappa shape index (κ1) is 21.4. The van der Waals surface area contributed by atoms with Gasteiger partial charge in [0.1, 0.15) is 6.61 Å². The molecule has 0 radical (unpaired) electrons. The number of benzene rings is 2. The van der Waals surface area contributed by atoms with Gasteiger partial charge in [0.05, 0.1) is 7.11 Å². The van der Waals surface area contributed by atoms with E-state index in [1.807, 2.05) is 42.5 Å². The minimum absolute atomic E-state index is 0.0271. The molecule has 0 aliphatic heterocycles.